The van der Waals surface area contributed by atoms with Crippen LogP contribution in [-0.4, -0.2) is 25.8 Å². The molecule has 0 amide bonds. The minimum Gasteiger partial charge on any atom is -0.398 e. The molecule has 1 saturated heterocycles. The average Bonchev–Trinajstić information content (AvgIpc) is 2.33. The van der Waals surface area contributed by atoms with Gasteiger partial charge in [-0.2, -0.15) is 4.31 Å². The predicted octanol–water partition coefficient (Wildman–Crippen LogP) is 1.75. The highest BCUT2D eigenvalue weighted by molar-refractivity contribution is 7.89. The molecule has 0 unspecified atom stereocenters. The van der Waals surface area contributed by atoms with Gasteiger partial charge in [-0.25, -0.2) is 8.42 Å². The molecule has 2 rings (SSSR count). The Bertz CT molecular complexity index is 505. The Kier molecular flexibility index (Phi) is 3.40. The van der Waals surface area contributed by atoms with Crippen LogP contribution in [0.3, 0.4) is 0 Å². The summed E-state index contributed by atoms with van der Waals surface area (Å²) in [5.41, 5.74) is 6.95. The van der Waals surface area contributed by atoms with Crippen LogP contribution in [0.25, 0.3) is 0 Å². The molecular weight excluding hydrogens is 236 g/mol. The van der Waals surface area contributed by atoms with Crippen LogP contribution in [0.5, 0.6) is 0 Å². The summed E-state index contributed by atoms with van der Waals surface area (Å²) in [7, 11) is -3.36. The lowest BCUT2D eigenvalue weighted by atomic mass is 10.2. The number of benzene rings is 1. The van der Waals surface area contributed by atoms with Crippen LogP contribution in [0.1, 0.15) is 24.8 Å². The van der Waals surface area contributed by atoms with Gasteiger partial charge in [-0.15, -0.1) is 0 Å². The monoisotopic (exact) mass is 254 g/mol. The number of anilines is 1. The molecule has 4 nitrogen and oxygen atoms in total. The molecule has 0 aromatic heterocycles. The third-order valence-electron chi connectivity index (χ3n) is 3.26. The molecule has 1 fully saturated rings. The topological polar surface area (TPSA) is 63.4 Å². The highest BCUT2D eigenvalue weighted by atomic mass is 32.2. The Labute approximate surface area is 102 Å². The van der Waals surface area contributed by atoms with E-state index < -0.39 is 10.0 Å². The second-order valence-electron chi connectivity index (χ2n) is 4.44. The minimum atomic E-state index is -3.36. The molecule has 0 bridgehead atoms. The number of rotatable bonds is 2. The van der Waals surface area contributed by atoms with E-state index in [1.54, 1.807) is 29.4 Å². The third-order valence-corrected chi connectivity index (χ3v) is 5.30. The van der Waals surface area contributed by atoms with Crippen molar-refractivity contribution in [2.45, 2.75) is 31.1 Å². The molecule has 0 radical (unpaired) electrons. The summed E-state index contributed by atoms with van der Waals surface area (Å²) < 4.78 is 26.4. The third kappa shape index (κ3) is 2.30. The Morgan fingerprint density at radius 2 is 1.82 bits per heavy atom. The summed E-state index contributed by atoms with van der Waals surface area (Å²) >= 11 is 0. The van der Waals surface area contributed by atoms with E-state index in [1.807, 2.05) is 0 Å². The average molecular weight is 254 g/mol. The maximum Gasteiger partial charge on any atom is 0.243 e. The van der Waals surface area contributed by atoms with Crippen molar-refractivity contribution in [3.8, 4) is 0 Å². The van der Waals surface area contributed by atoms with Crippen LogP contribution in [-0.2, 0) is 10.0 Å². The Balaban J connectivity index is 2.40. The molecule has 1 heterocycles. The van der Waals surface area contributed by atoms with Gasteiger partial charge in [0, 0.05) is 18.8 Å². The fraction of sp³-hybridized carbons (Fsp3) is 0.500. The van der Waals surface area contributed by atoms with Crippen molar-refractivity contribution >= 4 is 15.7 Å². The van der Waals surface area contributed by atoms with E-state index >= 15 is 0 Å². The first kappa shape index (κ1) is 12.4. The van der Waals surface area contributed by atoms with Crippen LogP contribution < -0.4 is 5.73 Å². The van der Waals surface area contributed by atoms with E-state index in [0.29, 0.717) is 29.2 Å². The van der Waals surface area contributed by atoms with E-state index in [9.17, 15) is 8.42 Å². The normalized spacial score (nSPS) is 18.2. The van der Waals surface area contributed by atoms with Gasteiger partial charge in [0.25, 0.3) is 0 Å². The second-order valence-corrected chi connectivity index (χ2v) is 6.34. The first-order chi connectivity index (χ1) is 8.03. The van der Waals surface area contributed by atoms with Crippen LogP contribution in [0.4, 0.5) is 5.69 Å². The van der Waals surface area contributed by atoms with Crippen molar-refractivity contribution in [2.24, 2.45) is 0 Å². The van der Waals surface area contributed by atoms with E-state index in [1.165, 1.54) is 0 Å². The molecule has 5 heteroatoms. The van der Waals surface area contributed by atoms with Crippen molar-refractivity contribution in [1.82, 2.24) is 4.31 Å². The van der Waals surface area contributed by atoms with E-state index in [0.717, 1.165) is 19.3 Å². The zero-order chi connectivity index (χ0) is 12.5. The van der Waals surface area contributed by atoms with Crippen molar-refractivity contribution in [3.05, 3.63) is 23.8 Å². The predicted molar refractivity (Wildman–Crippen MR) is 68.2 cm³/mol. The van der Waals surface area contributed by atoms with Crippen LogP contribution in [0.15, 0.2) is 23.1 Å². The van der Waals surface area contributed by atoms with Gasteiger partial charge in [-0.1, -0.05) is 12.5 Å². The van der Waals surface area contributed by atoms with Gasteiger partial charge in [-0.3, -0.25) is 0 Å². The maximum atomic E-state index is 12.4. The highest BCUT2D eigenvalue weighted by Gasteiger charge is 2.27. The van der Waals surface area contributed by atoms with Gasteiger partial charge in [0.05, 0.1) is 4.90 Å². The summed E-state index contributed by atoms with van der Waals surface area (Å²) in [6, 6.07) is 5.05. The molecule has 1 aromatic carbocycles. The number of hydrogen-bond acceptors (Lipinski definition) is 3. The first-order valence-electron chi connectivity index (χ1n) is 5.89. The summed E-state index contributed by atoms with van der Waals surface area (Å²) in [4.78, 5) is 0.347. The second kappa shape index (κ2) is 4.66. The summed E-state index contributed by atoms with van der Waals surface area (Å²) in [6.45, 7) is 3.00. The van der Waals surface area contributed by atoms with Gasteiger partial charge in [0.1, 0.15) is 0 Å². The molecule has 2 N–H and O–H groups in total. The molecule has 0 spiro atoms. The number of hydrogen-bond donors (Lipinski definition) is 1. The Hall–Kier alpha value is -1.07. The zero-order valence-electron chi connectivity index (χ0n) is 10.0. The molecule has 1 aliphatic rings. The smallest absolute Gasteiger partial charge is 0.243 e. The van der Waals surface area contributed by atoms with Gasteiger partial charge < -0.3 is 5.73 Å². The van der Waals surface area contributed by atoms with Crippen LogP contribution in [0.2, 0.25) is 0 Å². The molecule has 1 aliphatic heterocycles. The highest BCUT2D eigenvalue weighted by Crippen LogP contribution is 2.25. The lowest BCUT2D eigenvalue weighted by Crippen LogP contribution is -2.36. The fourth-order valence-corrected chi connectivity index (χ4v) is 3.93. The SMILES string of the molecule is Cc1c(N)cccc1S(=O)(=O)N1CCCCC1. The summed E-state index contributed by atoms with van der Waals surface area (Å²) in [6.07, 6.45) is 3.00. The summed E-state index contributed by atoms with van der Waals surface area (Å²) in [5.74, 6) is 0. The number of nitrogen functional groups attached to an aromatic ring is 1. The lowest BCUT2D eigenvalue weighted by molar-refractivity contribution is 0.346. The standard InChI is InChI=1S/C12H18N2O2S/c1-10-11(13)6-5-7-12(10)17(15,16)14-8-3-2-4-9-14/h5-7H,2-4,8-9,13H2,1H3. The molecule has 94 valence electrons. The van der Waals surface area contributed by atoms with E-state index in [4.69, 9.17) is 5.73 Å². The van der Waals surface area contributed by atoms with Crippen LogP contribution >= 0.6 is 0 Å². The minimum absolute atomic E-state index is 0.347. The largest absolute Gasteiger partial charge is 0.398 e. The fourth-order valence-electron chi connectivity index (χ4n) is 2.16. The molecule has 1 aromatic rings. The Morgan fingerprint density at radius 1 is 1.18 bits per heavy atom. The molecule has 17 heavy (non-hydrogen) atoms. The van der Waals surface area contributed by atoms with Gasteiger partial charge >= 0.3 is 0 Å². The quantitative estimate of drug-likeness (QED) is 0.818. The van der Waals surface area contributed by atoms with Crippen molar-refractivity contribution < 1.29 is 8.42 Å². The number of nitrogens with two attached hydrogens (primary N) is 1. The zero-order valence-corrected chi connectivity index (χ0v) is 10.8. The number of piperidine rings is 1. The van der Waals surface area contributed by atoms with Crippen LogP contribution in [0, 0.1) is 6.92 Å². The molecule has 0 aliphatic carbocycles. The van der Waals surface area contributed by atoms with E-state index in [-0.39, 0.29) is 0 Å². The maximum absolute atomic E-state index is 12.4. The summed E-state index contributed by atoms with van der Waals surface area (Å²) in [5, 5.41) is 0. The van der Waals surface area contributed by atoms with Gasteiger partial charge in [0.2, 0.25) is 10.0 Å². The Morgan fingerprint density at radius 3 is 2.47 bits per heavy atom. The van der Waals surface area contributed by atoms with Gasteiger partial charge in [-0.05, 0) is 37.5 Å². The molecular formula is C12H18N2O2S. The first-order valence-corrected chi connectivity index (χ1v) is 7.33. The lowest BCUT2D eigenvalue weighted by Gasteiger charge is -2.26. The number of nitrogens with zero attached hydrogens (tertiary/aromatic N) is 1. The van der Waals surface area contributed by atoms with Gasteiger partial charge in [0.15, 0.2) is 0 Å². The van der Waals surface area contributed by atoms with Crippen molar-refractivity contribution in [3.63, 3.8) is 0 Å². The number of sulfonamides is 1. The van der Waals surface area contributed by atoms with Crippen molar-refractivity contribution in [1.29, 1.82) is 0 Å². The van der Waals surface area contributed by atoms with Crippen molar-refractivity contribution in [2.75, 3.05) is 18.8 Å². The van der Waals surface area contributed by atoms with E-state index in [2.05, 4.69) is 0 Å². The molecule has 0 saturated carbocycles. The molecule has 0 atom stereocenters.